The molecule has 0 saturated carbocycles. The van der Waals surface area contributed by atoms with E-state index in [1.807, 2.05) is 0 Å². The Morgan fingerprint density at radius 1 is 1.06 bits per heavy atom. The van der Waals surface area contributed by atoms with Gasteiger partial charge in [-0.3, -0.25) is 9.59 Å². The van der Waals surface area contributed by atoms with Crippen LogP contribution in [0, 0.1) is 0 Å². The van der Waals surface area contributed by atoms with E-state index in [4.69, 9.17) is 18.9 Å². The van der Waals surface area contributed by atoms with E-state index in [0.717, 1.165) is 12.1 Å². The molecule has 0 bridgehead atoms. The van der Waals surface area contributed by atoms with Gasteiger partial charge in [-0.25, -0.2) is 4.79 Å². The maximum Gasteiger partial charge on any atom is 0.344 e. The normalized spacial score (nSPS) is 14.0. The van der Waals surface area contributed by atoms with Crippen molar-refractivity contribution in [2.24, 2.45) is 0 Å². The van der Waals surface area contributed by atoms with Crippen molar-refractivity contribution in [1.29, 1.82) is 0 Å². The zero-order valence-corrected chi connectivity index (χ0v) is 18.3. The monoisotopic (exact) mass is 442 g/mol. The van der Waals surface area contributed by atoms with Crippen LogP contribution in [0.1, 0.15) is 19.8 Å². The van der Waals surface area contributed by atoms with Crippen molar-refractivity contribution >= 4 is 29.2 Å². The van der Waals surface area contributed by atoms with Crippen molar-refractivity contribution in [2.75, 3.05) is 37.6 Å². The fraction of sp³-hybridized carbons (Fsp3) is 0.348. The molecule has 0 radical (unpaired) electrons. The summed E-state index contributed by atoms with van der Waals surface area (Å²) in [6.07, 6.45) is 0.380. The molecule has 9 heteroatoms. The molecule has 9 nitrogen and oxygen atoms in total. The molecular weight excluding hydrogens is 416 g/mol. The summed E-state index contributed by atoms with van der Waals surface area (Å²) in [5.41, 5.74) is 1.27. The minimum Gasteiger partial charge on any atom is -0.493 e. The highest BCUT2D eigenvalue weighted by molar-refractivity contribution is 5.96. The Balaban J connectivity index is 1.47. The second-order valence-electron chi connectivity index (χ2n) is 7.12. The Bertz CT molecular complexity index is 975. The van der Waals surface area contributed by atoms with Crippen molar-refractivity contribution in [3.05, 3.63) is 42.5 Å². The van der Waals surface area contributed by atoms with E-state index < -0.39 is 18.0 Å². The first-order chi connectivity index (χ1) is 15.4. The third kappa shape index (κ3) is 5.69. The number of hydrogen-bond donors (Lipinski definition) is 1. The van der Waals surface area contributed by atoms with Crippen LogP contribution in [0.15, 0.2) is 42.5 Å². The first kappa shape index (κ1) is 22.9. The molecule has 1 N–H and O–H groups in total. The van der Waals surface area contributed by atoms with Crippen LogP contribution in [0.3, 0.4) is 0 Å². The largest absolute Gasteiger partial charge is 0.493 e. The number of hydrogen-bond acceptors (Lipinski definition) is 7. The molecule has 1 aliphatic heterocycles. The predicted octanol–water partition coefficient (Wildman–Crippen LogP) is 2.78. The van der Waals surface area contributed by atoms with Crippen LogP contribution in [0.5, 0.6) is 17.2 Å². The van der Waals surface area contributed by atoms with Crippen molar-refractivity contribution in [3.8, 4) is 17.2 Å². The lowest BCUT2D eigenvalue weighted by atomic mass is 10.2. The maximum absolute atomic E-state index is 12.3. The van der Waals surface area contributed by atoms with Crippen LogP contribution in [-0.4, -0.2) is 51.3 Å². The summed E-state index contributed by atoms with van der Waals surface area (Å²) in [7, 11) is 3.01. The first-order valence-electron chi connectivity index (χ1n) is 10.2. The molecule has 1 aliphatic rings. The van der Waals surface area contributed by atoms with Crippen LogP contribution >= 0.6 is 0 Å². The van der Waals surface area contributed by atoms with Gasteiger partial charge in [-0.05, 0) is 49.7 Å². The molecular formula is C23H26N2O7. The minimum absolute atomic E-state index is 0.0996. The number of carbonyl (C=O) groups excluding carboxylic acids is 3. The maximum atomic E-state index is 12.3. The lowest BCUT2D eigenvalue weighted by Crippen LogP contribution is -2.31. The van der Waals surface area contributed by atoms with Crippen LogP contribution in [0.2, 0.25) is 0 Å². The van der Waals surface area contributed by atoms with Crippen LogP contribution < -0.4 is 24.4 Å². The van der Waals surface area contributed by atoms with Gasteiger partial charge in [-0.15, -0.1) is 0 Å². The molecule has 2 amide bonds. The average molecular weight is 442 g/mol. The fourth-order valence-corrected chi connectivity index (χ4v) is 3.23. The minimum atomic E-state index is -1.03. The fourth-order valence-electron chi connectivity index (χ4n) is 3.23. The van der Waals surface area contributed by atoms with Crippen LogP contribution in [0.4, 0.5) is 11.4 Å². The Kier molecular flexibility index (Phi) is 7.54. The lowest BCUT2D eigenvalue weighted by Gasteiger charge is -2.16. The number of benzene rings is 2. The molecule has 3 rings (SSSR count). The van der Waals surface area contributed by atoms with E-state index >= 15 is 0 Å². The molecule has 1 heterocycles. The standard InChI is InChI=1S/C23H26N2O7/c1-15(23(28)24-16-6-11-19(29-2)20(13-16)30-3)32-22(27)14-31-18-9-7-17(8-10-18)25-12-4-5-21(25)26/h6-11,13,15H,4-5,12,14H2,1-3H3,(H,24,28). The van der Waals surface area contributed by atoms with Crippen LogP contribution in [0.25, 0.3) is 0 Å². The second-order valence-corrected chi connectivity index (χ2v) is 7.12. The van der Waals surface area contributed by atoms with Gasteiger partial charge < -0.3 is 29.2 Å². The number of rotatable bonds is 9. The highest BCUT2D eigenvalue weighted by atomic mass is 16.6. The molecule has 0 aliphatic carbocycles. The van der Waals surface area contributed by atoms with Gasteiger partial charge in [0.1, 0.15) is 5.75 Å². The summed E-state index contributed by atoms with van der Waals surface area (Å²) in [5, 5.41) is 2.66. The van der Waals surface area contributed by atoms with Gasteiger partial charge in [0.25, 0.3) is 5.91 Å². The SMILES string of the molecule is COc1ccc(NC(=O)C(C)OC(=O)COc2ccc(N3CCCC3=O)cc2)cc1OC. The number of ether oxygens (including phenoxy) is 4. The first-order valence-corrected chi connectivity index (χ1v) is 10.2. The average Bonchev–Trinajstić information content (AvgIpc) is 3.23. The van der Waals surface area contributed by atoms with Gasteiger partial charge in [0, 0.05) is 30.4 Å². The Labute approximate surface area is 186 Å². The Morgan fingerprint density at radius 2 is 1.78 bits per heavy atom. The van der Waals surface area contributed by atoms with Crippen molar-refractivity contribution in [1.82, 2.24) is 0 Å². The van der Waals surface area contributed by atoms with E-state index in [-0.39, 0.29) is 12.5 Å². The number of esters is 1. The molecule has 1 atom stereocenters. The number of nitrogens with one attached hydrogen (secondary N) is 1. The molecule has 2 aromatic rings. The molecule has 1 saturated heterocycles. The summed E-state index contributed by atoms with van der Waals surface area (Å²) in [4.78, 5) is 37.9. The van der Waals surface area contributed by atoms with Crippen molar-refractivity contribution in [3.63, 3.8) is 0 Å². The molecule has 0 spiro atoms. The highest BCUT2D eigenvalue weighted by Crippen LogP contribution is 2.30. The summed E-state index contributed by atoms with van der Waals surface area (Å²) in [6.45, 7) is 1.82. The highest BCUT2D eigenvalue weighted by Gasteiger charge is 2.22. The quantitative estimate of drug-likeness (QED) is 0.596. The summed E-state index contributed by atoms with van der Waals surface area (Å²) in [6, 6.07) is 11.8. The molecule has 1 unspecified atom stereocenters. The third-order valence-corrected chi connectivity index (χ3v) is 4.91. The number of anilines is 2. The smallest absolute Gasteiger partial charge is 0.344 e. The van der Waals surface area contributed by atoms with E-state index in [1.54, 1.807) is 47.4 Å². The molecule has 1 fully saturated rings. The second kappa shape index (κ2) is 10.5. The van der Waals surface area contributed by atoms with Gasteiger partial charge >= 0.3 is 5.97 Å². The van der Waals surface area contributed by atoms with Gasteiger partial charge in [0.05, 0.1) is 14.2 Å². The molecule has 2 aromatic carbocycles. The summed E-state index contributed by atoms with van der Waals surface area (Å²) < 4.78 is 20.9. The van der Waals surface area contributed by atoms with E-state index in [1.165, 1.54) is 21.1 Å². The lowest BCUT2D eigenvalue weighted by molar-refractivity contribution is -0.155. The topological polar surface area (TPSA) is 103 Å². The van der Waals surface area contributed by atoms with Crippen molar-refractivity contribution in [2.45, 2.75) is 25.9 Å². The molecule has 170 valence electrons. The van der Waals surface area contributed by atoms with Crippen LogP contribution in [-0.2, 0) is 19.1 Å². The summed E-state index contributed by atoms with van der Waals surface area (Å²) >= 11 is 0. The number of methoxy groups -OCH3 is 2. The zero-order valence-electron chi connectivity index (χ0n) is 18.3. The number of carbonyl (C=O) groups is 3. The van der Waals surface area contributed by atoms with Gasteiger partial charge in [0.15, 0.2) is 24.2 Å². The van der Waals surface area contributed by atoms with Gasteiger partial charge in [0.2, 0.25) is 5.91 Å². The van der Waals surface area contributed by atoms with Gasteiger partial charge in [-0.2, -0.15) is 0 Å². The van der Waals surface area contributed by atoms with Crippen molar-refractivity contribution < 1.29 is 33.3 Å². The zero-order chi connectivity index (χ0) is 23.1. The Morgan fingerprint density at radius 3 is 2.41 bits per heavy atom. The molecule has 32 heavy (non-hydrogen) atoms. The third-order valence-electron chi connectivity index (χ3n) is 4.91. The van der Waals surface area contributed by atoms with E-state index in [2.05, 4.69) is 5.32 Å². The summed E-state index contributed by atoms with van der Waals surface area (Å²) in [5.74, 6) is 0.372. The van der Waals surface area contributed by atoms with Gasteiger partial charge in [-0.1, -0.05) is 0 Å². The Hall–Kier alpha value is -3.75. The number of amides is 2. The predicted molar refractivity (Wildman–Crippen MR) is 117 cm³/mol. The number of nitrogens with zero attached hydrogens (tertiary/aromatic N) is 1. The van der Waals surface area contributed by atoms with E-state index in [9.17, 15) is 14.4 Å². The van der Waals surface area contributed by atoms with E-state index in [0.29, 0.717) is 35.9 Å². The molecule has 0 aromatic heterocycles.